The highest BCUT2D eigenvalue weighted by molar-refractivity contribution is 6.32. The van der Waals surface area contributed by atoms with E-state index in [-0.39, 0.29) is 30.3 Å². The highest BCUT2D eigenvalue weighted by Gasteiger charge is 2.35. The molecule has 0 unspecified atom stereocenters. The second-order valence-corrected chi connectivity index (χ2v) is 12.0. The Bertz CT molecular complexity index is 1480. The molecule has 9 nitrogen and oxygen atoms in total. The van der Waals surface area contributed by atoms with Gasteiger partial charge in [-0.15, -0.1) is 0 Å². The first-order valence-electron chi connectivity index (χ1n) is 13.9. The number of Topliss-reactive ketones (excluding diaryl/α,β-unsaturated/α-hetero) is 1. The lowest BCUT2D eigenvalue weighted by molar-refractivity contribution is -0.115. The molecule has 0 spiro atoms. The van der Waals surface area contributed by atoms with Crippen molar-refractivity contribution in [1.82, 2.24) is 19.8 Å². The molecule has 0 saturated carbocycles. The number of nitrogens with one attached hydrogen (secondary N) is 1. The zero-order valence-electron chi connectivity index (χ0n) is 23.5. The molecule has 5 heterocycles. The molecule has 1 atom stereocenters. The van der Waals surface area contributed by atoms with Gasteiger partial charge in [-0.25, -0.2) is 9.78 Å². The monoisotopic (exact) mass is 562 g/mol. The van der Waals surface area contributed by atoms with Gasteiger partial charge in [-0.1, -0.05) is 11.6 Å². The predicted molar refractivity (Wildman–Crippen MR) is 154 cm³/mol. The third-order valence-corrected chi connectivity index (χ3v) is 9.18. The maximum Gasteiger partial charge on any atom is 0.317 e. The molecule has 40 heavy (non-hydrogen) atoms. The molecule has 0 aliphatic carbocycles. The Hall–Kier alpha value is -3.30. The van der Waals surface area contributed by atoms with Crippen molar-refractivity contribution in [1.29, 1.82) is 0 Å². The summed E-state index contributed by atoms with van der Waals surface area (Å²) >= 11 is 6.69. The van der Waals surface area contributed by atoms with Gasteiger partial charge in [0.25, 0.3) is 0 Å². The van der Waals surface area contributed by atoms with Gasteiger partial charge in [-0.2, -0.15) is 0 Å². The number of allylic oxidation sites excluding steroid dienone is 1. The summed E-state index contributed by atoms with van der Waals surface area (Å²) in [5.74, 6) is 1.06. The summed E-state index contributed by atoms with van der Waals surface area (Å²) < 4.78 is 8.01. The van der Waals surface area contributed by atoms with Crippen LogP contribution in [-0.2, 0) is 34.6 Å². The Morgan fingerprint density at radius 2 is 1.98 bits per heavy atom. The molecule has 6 rings (SSSR count). The number of fused-ring (bicyclic) bond motifs is 4. The number of methoxy groups -OCH3 is 1. The molecule has 4 aliphatic rings. The summed E-state index contributed by atoms with van der Waals surface area (Å²) in [5, 5.41) is 4.00. The number of likely N-dealkylation sites (tertiary alicyclic amines) is 1. The van der Waals surface area contributed by atoms with Crippen LogP contribution in [0.1, 0.15) is 73.4 Å². The van der Waals surface area contributed by atoms with Crippen molar-refractivity contribution in [3.8, 4) is 0 Å². The number of aliphatic imine (C=N–C) groups is 2. The Balaban J connectivity index is 1.27. The average molecular weight is 563 g/mol. The Kier molecular flexibility index (Phi) is 6.91. The van der Waals surface area contributed by atoms with E-state index in [2.05, 4.69) is 19.9 Å². The third kappa shape index (κ3) is 4.69. The number of rotatable bonds is 4. The summed E-state index contributed by atoms with van der Waals surface area (Å²) in [5.41, 5.74) is 6.51. The second kappa shape index (κ2) is 10.3. The van der Waals surface area contributed by atoms with Gasteiger partial charge in [0.1, 0.15) is 18.0 Å². The summed E-state index contributed by atoms with van der Waals surface area (Å²) in [6.07, 6.45) is 7.78. The van der Waals surface area contributed by atoms with Crippen molar-refractivity contribution in [2.75, 3.05) is 26.7 Å². The molecule has 2 aromatic rings. The highest BCUT2D eigenvalue weighted by Crippen LogP contribution is 2.37. The molecule has 4 aliphatic heterocycles. The number of hydrogen-bond acceptors (Lipinski definition) is 6. The Morgan fingerprint density at radius 1 is 1.20 bits per heavy atom. The van der Waals surface area contributed by atoms with E-state index in [1.165, 1.54) is 0 Å². The van der Waals surface area contributed by atoms with E-state index in [0.717, 1.165) is 57.9 Å². The first kappa shape index (κ1) is 26.9. The number of aromatic nitrogens is 2. The summed E-state index contributed by atoms with van der Waals surface area (Å²) in [6, 6.07) is 1.56. The zero-order valence-corrected chi connectivity index (χ0v) is 24.2. The van der Waals surface area contributed by atoms with Crippen LogP contribution in [0.3, 0.4) is 0 Å². The second-order valence-electron chi connectivity index (χ2n) is 11.6. The van der Waals surface area contributed by atoms with Crippen molar-refractivity contribution in [3.05, 3.63) is 62.7 Å². The fraction of sp³-hybridized carbons (Fsp3) is 0.500. The van der Waals surface area contributed by atoms with E-state index in [4.69, 9.17) is 21.3 Å². The number of imidazole rings is 1. The highest BCUT2D eigenvalue weighted by atomic mass is 35.5. The van der Waals surface area contributed by atoms with E-state index in [1.807, 2.05) is 50.2 Å². The quantitative estimate of drug-likeness (QED) is 0.597. The van der Waals surface area contributed by atoms with E-state index >= 15 is 0 Å². The summed E-state index contributed by atoms with van der Waals surface area (Å²) in [7, 11) is 1.70. The van der Waals surface area contributed by atoms with Gasteiger partial charge in [-0.05, 0) is 62.8 Å². The van der Waals surface area contributed by atoms with E-state index in [9.17, 15) is 9.59 Å². The van der Waals surface area contributed by atoms with Crippen LogP contribution in [0.25, 0.3) is 0 Å². The fourth-order valence-electron chi connectivity index (χ4n) is 6.35. The third-order valence-electron chi connectivity index (χ3n) is 8.84. The molecule has 1 aromatic carbocycles. The summed E-state index contributed by atoms with van der Waals surface area (Å²) in [6.45, 7) is 8.57. The smallest absolute Gasteiger partial charge is 0.317 e. The van der Waals surface area contributed by atoms with Crippen molar-refractivity contribution >= 4 is 35.3 Å². The molecule has 0 radical (unpaired) electrons. The van der Waals surface area contributed by atoms with Crippen molar-refractivity contribution < 1.29 is 14.3 Å². The number of amides is 2. The van der Waals surface area contributed by atoms with Crippen molar-refractivity contribution in [3.63, 3.8) is 0 Å². The number of halogens is 1. The zero-order chi connectivity index (χ0) is 28.2. The minimum absolute atomic E-state index is 0.0995. The van der Waals surface area contributed by atoms with Crippen LogP contribution in [0.5, 0.6) is 0 Å². The van der Waals surface area contributed by atoms with Crippen molar-refractivity contribution in [2.24, 2.45) is 15.9 Å². The molecule has 2 amide bonds. The molecule has 10 heteroatoms. The van der Waals surface area contributed by atoms with Crippen LogP contribution in [-0.4, -0.2) is 64.9 Å². The standard InChI is InChI=1S/C30H35ClN6O3/c1-17-9-20(26(38)14-33-17)18-5-7-36(8-6-18)29(39)35-25-11-19-10-24(31)22-13-32-12-21(22)23(19)16-37-27(15-34-28(25)37)30(2,3)40-4/h9-10,12,15,18,25H,5-8,11,13-14,16H2,1-4H3,(H,35,39)/t25-/m1/s1. The topological polar surface area (TPSA) is 101 Å². The maximum atomic E-state index is 13.6. The number of dihydropyridines is 1. The first-order valence-corrected chi connectivity index (χ1v) is 14.3. The number of benzene rings is 1. The lowest BCUT2D eigenvalue weighted by Gasteiger charge is -2.34. The van der Waals surface area contributed by atoms with Gasteiger partial charge < -0.3 is 19.5 Å². The lowest BCUT2D eigenvalue weighted by atomic mass is 9.85. The van der Waals surface area contributed by atoms with E-state index < -0.39 is 5.60 Å². The molecule has 1 saturated heterocycles. The number of urea groups is 1. The van der Waals surface area contributed by atoms with Gasteiger partial charge in [0.05, 0.1) is 31.0 Å². The lowest BCUT2D eigenvalue weighted by Crippen LogP contribution is -2.46. The number of carbonyl (C=O) groups excluding carboxylic acids is 2. The summed E-state index contributed by atoms with van der Waals surface area (Å²) in [4.78, 5) is 41.5. The number of carbonyl (C=O) groups is 2. The maximum absolute atomic E-state index is 13.6. The average Bonchev–Trinajstić information content (AvgIpc) is 3.57. The molecule has 1 fully saturated rings. The van der Waals surface area contributed by atoms with Crippen LogP contribution < -0.4 is 5.32 Å². The molecular formula is C30H35ClN6O3. The number of nitrogens with zero attached hydrogens (tertiary/aromatic N) is 5. The van der Waals surface area contributed by atoms with Gasteiger partial charge in [-0.3, -0.25) is 14.8 Å². The molecule has 1 N–H and O–H groups in total. The predicted octanol–water partition coefficient (Wildman–Crippen LogP) is 4.39. The van der Waals surface area contributed by atoms with Crippen molar-refractivity contribution in [2.45, 2.75) is 64.8 Å². The Labute approximate surface area is 239 Å². The van der Waals surface area contributed by atoms with Gasteiger partial charge >= 0.3 is 6.03 Å². The van der Waals surface area contributed by atoms with Gasteiger partial charge in [0.15, 0.2) is 5.78 Å². The van der Waals surface area contributed by atoms with Gasteiger partial charge in [0.2, 0.25) is 0 Å². The van der Waals surface area contributed by atoms with Crippen LogP contribution in [0.15, 0.2) is 33.9 Å². The van der Waals surface area contributed by atoms with Crippen LogP contribution >= 0.6 is 11.6 Å². The number of ether oxygens (including phenoxy) is 1. The van der Waals surface area contributed by atoms with Crippen LogP contribution in [0.4, 0.5) is 4.79 Å². The Morgan fingerprint density at radius 3 is 2.73 bits per heavy atom. The fourth-order valence-corrected chi connectivity index (χ4v) is 6.64. The largest absolute Gasteiger partial charge is 0.373 e. The van der Waals surface area contributed by atoms with Gasteiger partial charge in [0, 0.05) is 60.3 Å². The minimum atomic E-state index is -0.565. The molecule has 210 valence electrons. The normalized spacial score (nSPS) is 20.9. The van der Waals surface area contributed by atoms with E-state index in [1.54, 1.807) is 7.11 Å². The molecule has 1 aromatic heterocycles. The minimum Gasteiger partial charge on any atom is -0.373 e. The number of ketones is 1. The SMILES string of the molecule is COC(C)(C)c1cnc2n1Cc1c(cc(Cl)c3c1C=NC3)C[C@H]2NC(=O)N1CCC(C2=CC(C)=NCC2=O)CC1. The number of hydrogen-bond donors (Lipinski definition) is 1. The molecule has 0 bridgehead atoms. The first-order chi connectivity index (χ1) is 19.2. The van der Waals surface area contributed by atoms with Crippen LogP contribution in [0.2, 0.25) is 5.02 Å². The van der Waals surface area contributed by atoms with Crippen LogP contribution in [0, 0.1) is 5.92 Å². The number of piperidine rings is 1. The van der Waals surface area contributed by atoms with E-state index in [0.29, 0.717) is 37.6 Å². The molecular weight excluding hydrogens is 528 g/mol.